The Morgan fingerprint density at radius 1 is 1.43 bits per heavy atom. The molecule has 0 aliphatic carbocycles. The summed E-state index contributed by atoms with van der Waals surface area (Å²) >= 11 is 1.39. The third kappa shape index (κ3) is 2.92. The highest BCUT2D eigenvalue weighted by Crippen LogP contribution is 2.28. The fourth-order valence-electron chi connectivity index (χ4n) is 1.68. The highest BCUT2D eigenvalue weighted by Gasteiger charge is 2.13. The molecule has 0 aliphatic heterocycles. The molecule has 1 N–H and O–H groups in total. The highest BCUT2D eigenvalue weighted by atomic mass is 32.1. The molecular formula is C14H11N3O3S. The van der Waals surface area contributed by atoms with Gasteiger partial charge in [-0.05, 0) is 18.2 Å². The molecule has 2 aromatic heterocycles. The topological polar surface area (TPSA) is 80.7 Å². The van der Waals surface area contributed by atoms with Crippen LogP contribution >= 0.6 is 11.3 Å². The van der Waals surface area contributed by atoms with E-state index in [1.807, 2.05) is 23.6 Å². The van der Waals surface area contributed by atoms with Gasteiger partial charge in [-0.2, -0.15) is 0 Å². The van der Waals surface area contributed by atoms with Crippen LogP contribution in [0, 0.1) is 0 Å². The van der Waals surface area contributed by atoms with Crippen molar-refractivity contribution < 1.29 is 14.3 Å². The van der Waals surface area contributed by atoms with Gasteiger partial charge in [-0.3, -0.25) is 0 Å². The van der Waals surface area contributed by atoms with Gasteiger partial charge >= 0.3 is 5.95 Å². The molecule has 0 spiro atoms. The Balaban J connectivity index is 1.90. The van der Waals surface area contributed by atoms with Crippen LogP contribution < -0.4 is 4.74 Å². The number of aliphatic imine (C=N–C) groups is 1. The van der Waals surface area contributed by atoms with Crippen molar-refractivity contribution in [2.45, 2.75) is 0 Å². The van der Waals surface area contributed by atoms with E-state index in [9.17, 15) is 5.11 Å². The van der Waals surface area contributed by atoms with Crippen molar-refractivity contribution in [2.24, 2.45) is 4.99 Å². The Hall–Kier alpha value is -2.67. The normalized spacial score (nSPS) is 11.1. The Morgan fingerprint density at radius 2 is 2.33 bits per heavy atom. The minimum absolute atomic E-state index is 0.253. The first kappa shape index (κ1) is 13.3. The molecule has 0 bridgehead atoms. The number of hydrogen-bond donors (Lipinski definition) is 1. The Bertz CT molecular complexity index is 766. The van der Waals surface area contributed by atoms with E-state index < -0.39 is 0 Å². The van der Waals surface area contributed by atoms with Crippen molar-refractivity contribution in [2.75, 3.05) is 7.11 Å². The minimum atomic E-state index is -0.284. The van der Waals surface area contributed by atoms with E-state index in [1.54, 1.807) is 19.4 Å². The van der Waals surface area contributed by atoms with Crippen LogP contribution in [-0.2, 0) is 0 Å². The lowest BCUT2D eigenvalue weighted by molar-refractivity contribution is 0.336. The van der Waals surface area contributed by atoms with Gasteiger partial charge in [0.1, 0.15) is 5.75 Å². The quantitative estimate of drug-likeness (QED) is 0.748. The summed E-state index contributed by atoms with van der Waals surface area (Å²) in [6, 6.07) is 7.22. The molecule has 0 saturated carbocycles. The van der Waals surface area contributed by atoms with E-state index in [1.165, 1.54) is 17.6 Å². The van der Waals surface area contributed by atoms with Crippen molar-refractivity contribution in [3.63, 3.8) is 0 Å². The van der Waals surface area contributed by atoms with Crippen LogP contribution in [0.5, 0.6) is 11.7 Å². The highest BCUT2D eigenvalue weighted by molar-refractivity contribution is 7.13. The van der Waals surface area contributed by atoms with Crippen molar-refractivity contribution >= 4 is 22.7 Å². The molecule has 3 rings (SSSR count). The molecule has 3 aromatic rings. The number of aromatic hydroxyl groups is 1. The number of oxazole rings is 1. The molecule has 0 radical (unpaired) electrons. The van der Waals surface area contributed by atoms with Crippen LogP contribution in [0.25, 0.3) is 11.5 Å². The van der Waals surface area contributed by atoms with Gasteiger partial charge in [0.2, 0.25) is 11.0 Å². The van der Waals surface area contributed by atoms with Crippen LogP contribution in [0.4, 0.5) is 5.13 Å². The molecule has 0 atom stereocenters. The molecule has 0 amide bonds. The molecular weight excluding hydrogens is 290 g/mol. The molecule has 6 nitrogen and oxygen atoms in total. The number of nitrogens with zero attached hydrogens (tertiary/aromatic N) is 3. The maximum atomic E-state index is 9.78. The van der Waals surface area contributed by atoms with Gasteiger partial charge in [-0.25, -0.2) is 15.0 Å². The maximum absolute atomic E-state index is 9.78. The SMILES string of the molecule is COc1cccc(-c2nc(C=Nc3nccs3)c(O)o2)c1. The summed E-state index contributed by atoms with van der Waals surface area (Å²) in [7, 11) is 1.58. The summed E-state index contributed by atoms with van der Waals surface area (Å²) in [5.41, 5.74) is 0.960. The van der Waals surface area contributed by atoms with E-state index in [-0.39, 0.29) is 11.6 Å². The molecule has 7 heteroatoms. The molecule has 0 unspecified atom stereocenters. The summed E-state index contributed by atoms with van der Waals surface area (Å²) in [4.78, 5) is 12.3. The van der Waals surface area contributed by atoms with Crippen LogP contribution in [0.15, 0.2) is 45.3 Å². The molecule has 106 valence electrons. The second-order valence-electron chi connectivity index (χ2n) is 4.01. The Morgan fingerprint density at radius 3 is 3.10 bits per heavy atom. The summed E-state index contributed by atoms with van der Waals surface area (Å²) in [5, 5.41) is 12.2. The zero-order chi connectivity index (χ0) is 14.7. The molecule has 0 saturated heterocycles. The number of ether oxygens (including phenoxy) is 1. The Labute approximate surface area is 124 Å². The average Bonchev–Trinajstić information content (AvgIpc) is 3.15. The fraction of sp³-hybridized carbons (Fsp3) is 0.0714. The van der Waals surface area contributed by atoms with Gasteiger partial charge in [0.15, 0.2) is 5.69 Å². The summed E-state index contributed by atoms with van der Waals surface area (Å²) in [6.07, 6.45) is 3.07. The van der Waals surface area contributed by atoms with E-state index in [2.05, 4.69) is 15.0 Å². The second-order valence-corrected chi connectivity index (χ2v) is 4.89. The van der Waals surface area contributed by atoms with Crippen LogP contribution in [-0.4, -0.2) is 28.4 Å². The van der Waals surface area contributed by atoms with Gasteiger partial charge in [0.25, 0.3) is 0 Å². The number of thiazole rings is 1. The van der Waals surface area contributed by atoms with E-state index in [0.29, 0.717) is 22.3 Å². The Kier molecular flexibility index (Phi) is 3.65. The number of benzene rings is 1. The largest absolute Gasteiger partial charge is 0.497 e. The maximum Gasteiger partial charge on any atom is 0.312 e. The van der Waals surface area contributed by atoms with Crippen LogP contribution in [0.1, 0.15) is 5.69 Å². The van der Waals surface area contributed by atoms with Gasteiger partial charge in [0, 0.05) is 17.1 Å². The molecule has 0 aliphatic rings. The van der Waals surface area contributed by atoms with Crippen molar-refractivity contribution in [1.82, 2.24) is 9.97 Å². The van der Waals surface area contributed by atoms with Crippen molar-refractivity contribution in [3.05, 3.63) is 41.5 Å². The number of aromatic nitrogens is 2. The smallest absolute Gasteiger partial charge is 0.312 e. The van der Waals surface area contributed by atoms with E-state index in [0.717, 1.165) is 0 Å². The van der Waals surface area contributed by atoms with E-state index >= 15 is 0 Å². The summed E-state index contributed by atoms with van der Waals surface area (Å²) in [5.74, 6) is 0.698. The van der Waals surface area contributed by atoms with Crippen molar-refractivity contribution in [1.29, 1.82) is 0 Å². The average molecular weight is 301 g/mol. The van der Waals surface area contributed by atoms with Gasteiger partial charge in [-0.15, -0.1) is 11.3 Å². The first-order valence-corrected chi connectivity index (χ1v) is 6.92. The van der Waals surface area contributed by atoms with Crippen LogP contribution in [0.3, 0.4) is 0 Å². The van der Waals surface area contributed by atoms with Gasteiger partial charge in [0.05, 0.1) is 13.3 Å². The fourth-order valence-corrected chi connectivity index (χ4v) is 2.16. The third-order valence-corrected chi connectivity index (χ3v) is 3.35. The van der Waals surface area contributed by atoms with Gasteiger partial charge < -0.3 is 14.3 Å². The number of hydrogen-bond acceptors (Lipinski definition) is 7. The summed E-state index contributed by atoms with van der Waals surface area (Å²) in [6.45, 7) is 0. The van der Waals surface area contributed by atoms with Gasteiger partial charge in [-0.1, -0.05) is 6.07 Å². The first-order chi connectivity index (χ1) is 10.3. The zero-order valence-electron chi connectivity index (χ0n) is 11.1. The lowest BCUT2D eigenvalue weighted by Gasteiger charge is -2.00. The number of rotatable bonds is 4. The predicted molar refractivity (Wildman–Crippen MR) is 79.5 cm³/mol. The second kappa shape index (κ2) is 5.76. The molecule has 2 heterocycles. The van der Waals surface area contributed by atoms with Crippen molar-refractivity contribution in [3.8, 4) is 23.1 Å². The molecule has 0 fully saturated rings. The lowest BCUT2D eigenvalue weighted by atomic mass is 10.2. The lowest BCUT2D eigenvalue weighted by Crippen LogP contribution is -1.85. The summed E-state index contributed by atoms with van der Waals surface area (Å²) < 4.78 is 10.4. The first-order valence-electron chi connectivity index (χ1n) is 6.04. The monoisotopic (exact) mass is 301 g/mol. The third-order valence-electron chi connectivity index (χ3n) is 2.67. The predicted octanol–water partition coefficient (Wildman–Crippen LogP) is 3.26. The van der Waals surface area contributed by atoms with Crippen LogP contribution in [0.2, 0.25) is 0 Å². The molecule has 21 heavy (non-hydrogen) atoms. The minimum Gasteiger partial charge on any atom is -0.497 e. The number of methoxy groups -OCH3 is 1. The molecule has 1 aromatic carbocycles. The zero-order valence-corrected chi connectivity index (χ0v) is 11.9. The standard InChI is InChI=1S/C14H11N3O3S/c1-19-10-4-2-3-9(7-10)12-17-11(13(18)20-12)8-16-14-15-5-6-21-14/h2-8,18H,1H3. The van der Waals surface area contributed by atoms with E-state index in [4.69, 9.17) is 9.15 Å².